The van der Waals surface area contributed by atoms with Gasteiger partial charge < -0.3 is 11.1 Å². The lowest BCUT2D eigenvalue weighted by molar-refractivity contribution is 0.814. The van der Waals surface area contributed by atoms with Gasteiger partial charge in [-0.1, -0.05) is 19.9 Å². The highest BCUT2D eigenvalue weighted by Crippen LogP contribution is 2.24. The Labute approximate surface area is 136 Å². The number of aryl methyl sites for hydroxylation is 3. The highest BCUT2D eigenvalue weighted by molar-refractivity contribution is 7.11. The average Bonchev–Trinajstić information content (AvgIpc) is 2.76. The Hall–Kier alpha value is -1.88. The molecular weight excluding hydrogens is 292 g/mol. The summed E-state index contributed by atoms with van der Waals surface area (Å²) in [5.41, 5.74) is 10.5. The molecule has 5 heteroatoms. The molecule has 1 aromatic heterocycles. The van der Waals surface area contributed by atoms with Gasteiger partial charge >= 0.3 is 0 Å². The van der Waals surface area contributed by atoms with Crippen LogP contribution in [-0.4, -0.2) is 10.9 Å². The molecule has 0 aliphatic rings. The van der Waals surface area contributed by atoms with Crippen LogP contribution in [0.15, 0.2) is 23.2 Å². The number of nitrogens with two attached hydrogens (primary N) is 1. The highest BCUT2D eigenvalue weighted by atomic mass is 32.1. The first-order chi connectivity index (χ1) is 10.3. The average molecular weight is 316 g/mol. The molecule has 0 spiro atoms. The first-order valence-corrected chi connectivity index (χ1v) is 8.28. The van der Waals surface area contributed by atoms with Gasteiger partial charge in [0.25, 0.3) is 0 Å². The van der Waals surface area contributed by atoms with E-state index in [1.165, 1.54) is 16.0 Å². The van der Waals surface area contributed by atoms with Crippen molar-refractivity contribution < 1.29 is 0 Å². The predicted octanol–water partition coefficient (Wildman–Crippen LogP) is 4.12. The summed E-state index contributed by atoms with van der Waals surface area (Å²) in [4.78, 5) is 10.3. The fraction of sp³-hybridized carbons (Fsp3) is 0.412. The number of hydrogen-bond donors (Lipinski definition) is 2. The summed E-state index contributed by atoms with van der Waals surface area (Å²) in [5.74, 6) is 0.865. The summed E-state index contributed by atoms with van der Waals surface area (Å²) in [5, 5.41) is 4.15. The van der Waals surface area contributed by atoms with E-state index in [4.69, 9.17) is 5.73 Å². The fourth-order valence-corrected chi connectivity index (χ4v) is 3.47. The van der Waals surface area contributed by atoms with Gasteiger partial charge in [0.2, 0.25) is 0 Å². The van der Waals surface area contributed by atoms with Gasteiger partial charge in [0.05, 0.1) is 12.2 Å². The summed E-state index contributed by atoms with van der Waals surface area (Å²) >= 11 is 1.69. The standard InChI is InChI=1S/C17H24N4S/c1-10(2)16-13(5)22-15(21-16)9-19-17(18)20-14-7-11(3)6-12(4)8-14/h6-8,10H,9H2,1-5H3,(H3,18,19,20). The van der Waals surface area contributed by atoms with Gasteiger partial charge in [0, 0.05) is 10.6 Å². The first-order valence-electron chi connectivity index (χ1n) is 7.46. The normalized spacial score (nSPS) is 12.0. The van der Waals surface area contributed by atoms with Gasteiger partial charge in [-0.3, -0.25) is 0 Å². The maximum absolute atomic E-state index is 5.97. The zero-order valence-corrected chi connectivity index (χ0v) is 14.7. The molecule has 3 N–H and O–H groups in total. The van der Waals surface area contributed by atoms with E-state index in [0.29, 0.717) is 18.4 Å². The lowest BCUT2D eigenvalue weighted by Crippen LogP contribution is -2.22. The Kier molecular flexibility index (Phi) is 5.19. The van der Waals surface area contributed by atoms with Crippen molar-refractivity contribution in [1.29, 1.82) is 0 Å². The number of guanidine groups is 1. The molecular formula is C17H24N4S. The highest BCUT2D eigenvalue weighted by Gasteiger charge is 2.10. The molecule has 1 aromatic carbocycles. The third-order valence-corrected chi connectivity index (χ3v) is 4.27. The van der Waals surface area contributed by atoms with Crippen molar-refractivity contribution in [3.05, 3.63) is 44.9 Å². The van der Waals surface area contributed by atoms with E-state index in [0.717, 1.165) is 16.4 Å². The second kappa shape index (κ2) is 6.92. The van der Waals surface area contributed by atoms with E-state index < -0.39 is 0 Å². The SMILES string of the molecule is Cc1cc(C)cc(NC(N)=NCc2nc(C(C)C)c(C)s2)c1. The molecule has 0 aliphatic carbocycles. The number of nitrogens with zero attached hydrogens (tertiary/aromatic N) is 2. The second-order valence-electron chi connectivity index (χ2n) is 5.91. The summed E-state index contributed by atoms with van der Waals surface area (Å²) < 4.78 is 0. The van der Waals surface area contributed by atoms with Crippen molar-refractivity contribution in [2.24, 2.45) is 10.7 Å². The zero-order chi connectivity index (χ0) is 16.3. The van der Waals surface area contributed by atoms with Crippen LogP contribution in [0.5, 0.6) is 0 Å². The number of benzene rings is 1. The van der Waals surface area contributed by atoms with Gasteiger partial charge in [-0.05, 0) is 49.9 Å². The van der Waals surface area contributed by atoms with Crippen LogP contribution in [0.4, 0.5) is 5.69 Å². The Morgan fingerprint density at radius 2 is 1.86 bits per heavy atom. The van der Waals surface area contributed by atoms with Crippen LogP contribution in [0.1, 0.15) is 46.5 Å². The number of anilines is 1. The summed E-state index contributed by atoms with van der Waals surface area (Å²) in [6.45, 7) is 11.1. The van der Waals surface area contributed by atoms with E-state index >= 15 is 0 Å². The Morgan fingerprint density at radius 3 is 2.41 bits per heavy atom. The van der Waals surface area contributed by atoms with E-state index in [2.05, 4.69) is 68.1 Å². The molecule has 4 nitrogen and oxygen atoms in total. The van der Waals surface area contributed by atoms with Crippen LogP contribution < -0.4 is 11.1 Å². The zero-order valence-electron chi connectivity index (χ0n) is 13.9. The summed E-state index contributed by atoms with van der Waals surface area (Å²) in [6, 6.07) is 6.24. The lowest BCUT2D eigenvalue weighted by Gasteiger charge is -2.07. The topological polar surface area (TPSA) is 63.3 Å². The molecule has 2 rings (SSSR count). The van der Waals surface area contributed by atoms with Crippen LogP contribution in [0.3, 0.4) is 0 Å². The van der Waals surface area contributed by atoms with Crippen LogP contribution in [0, 0.1) is 20.8 Å². The molecule has 0 unspecified atom stereocenters. The van der Waals surface area contributed by atoms with Crippen molar-refractivity contribution in [3.63, 3.8) is 0 Å². The Morgan fingerprint density at radius 1 is 1.23 bits per heavy atom. The molecule has 0 aliphatic heterocycles. The van der Waals surface area contributed by atoms with Gasteiger partial charge in [-0.15, -0.1) is 11.3 Å². The molecule has 22 heavy (non-hydrogen) atoms. The summed E-state index contributed by atoms with van der Waals surface area (Å²) in [6.07, 6.45) is 0. The first kappa shape index (κ1) is 16.5. The number of hydrogen-bond acceptors (Lipinski definition) is 3. The molecule has 0 bridgehead atoms. The van der Waals surface area contributed by atoms with Gasteiger partial charge in [-0.25, -0.2) is 9.98 Å². The number of nitrogens with one attached hydrogen (secondary N) is 1. The minimum absolute atomic E-state index is 0.420. The number of aliphatic imine (C=N–C) groups is 1. The van der Waals surface area contributed by atoms with Crippen molar-refractivity contribution in [1.82, 2.24) is 4.98 Å². The molecule has 0 fully saturated rings. The van der Waals surface area contributed by atoms with Crippen LogP contribution in [-0.2, 0) is 6.54 Å². The van der Waals surface area contributed by atoms with Crippen LogP contribution in [0.2, 0.25) is 0 Å². The molecule has 0 atom stereocenters. The van der Waals surface area contributed by atoms with Crippen LogP contribution >= 0.6 is 11.3 Å². The lowest BCUT2D eigenvalue weighted by atomic mass is 10.1. The molecule has 0 radical (unpaired) electrons. The van der Waals surface area contributed by atoms with E-state index in [1.54, 1.807) is 11.3 Å². The van der Waals surface area contributed by atoms with E-state index in [9.17, 15) is 0 Å². The monoisotopic (exact) mass is 316 g/mol. The van der Waals surface area contributed by atoms with Crippen LogP contribution in [0.25, 0.3) is 0 Å². The molecule has 118 valence electrons. The van der Waals surface area contributed by atoms with Gasteiger partial charge in [0.15, 0.2) is 5.96 Å². The number of aromatic nitrogens is 1. The Balaban J connectivity index is 2.05. The fourth-order valence-electron chi connectivity index (χ4n) is 2.46. The quantitative estimate of drug-likeness (QED) is 0.659. The van der Waals surface area contributed by atoms with Crippen molar-refractivity contribution >= 4 is 23.0 Å². The number of thiazole rings is 1. The largest absolute Gasteiger partial charge is 0.370 e. The minimum Gasteiger partial charge on any atom is -0.370 e. The maximum atomic E-state index is 5.97. The second-order valence-corrected chi connectivity index (χ2v) is 7.19. The maximum Gasteiger partial charge on any atom is 0.193 e. The third-order valence-electron chi connectivity index (χ3n) is 3.30. The van der Waals surface area contributed by atoms with E-state index in [-0.39, 0.29) is 0 Å². The summed E-state index contributed by atoms with van der Waals surface area (Å²) in [7, 11) is 0. The van der Waals surface area contributed by atoms with Crippen molar-refractivity contribution in [2.45, 2.75) is 47.1 Å². The minimum atomic E-state index is 0.420. The molecule has 0 saturated heterocycles. The van der Waals surface area contributed by atoms with E-state index in [1.807, 2.05) is 0 Å². The van der Waals surface area contributed by atoms with Gasteiger partial charge in [0.1, 0.15) is 5.01 Å². The molecule has 2 aromatic rings. The van der Waals surface area contributed by atoms with Crippen molar-refractivity contribution in [3.8, 4) is 0 Å². The third kappa shape index (κ3) is 4.31. The van der Waals surface area contributed by atoms with Gasteiger partial charge in [-0.2, -0.15) is 0 Å². The molecule has 1 heterocycles. The molecule has 0 amide bonds. The number of rotatable bonds is 4. The smallest absolute Gasteiger partial charge is 0.193 e. The predicted molar refractivity (Wildman–Crippen MR) is 95.8 cm³/mol. The van der Waals surface area contributed by atoms with Crippen molar-refractivity contribution in [2.75, 3.05) is 5.32 Å². The Bertz CT molecular complexity index is 666. The molecule has 0 saturated carbocycles.